The van der Waals surface area contributed by atoms with Gasteiger partial charge >= 0.3 is 5.97 Å². The minimum atomic E-state index is -1.05. The molecule has 0 saturated carbocycles. The van der Waals surface area contributed by atoms with Crippen molar-refractivity contribution in [1.82, 2.24) is 0 Å². The maximum atomic E-state index is 5.91. The minimum absolute atomic E-state index is 0.110. The van der Waals surface area contributed by atoms with Crippen LogP contribution in [0.5, 0.6) is 0 Å². The SMILES string of the molecule is CC1(COCC23COC(COCC4(C)COC4)(OC2)OC3)COC1. The lowest BCUT2D eigenvalue weighted by Crippen LogP contribution is -2.63. The Morgan fingerprint density at radius 2 is 1.08 bits per heavy atom. The van der Waals surface area contributed by atoms with Gasteiger partial charge in [0.1, 0.15) is 6.61 Å². The maximum absolute atomic E-state index is 5.91. The van der Waals surface area contributed by atoms with Crippen LogP contribution in [-0.4, -0.2) is 78.6 Å². The molecule has 5 saturated heterocycles. The van der Waals surface area contributed by atoms with E-state index in [1.165, 1.54) is 0 Å². The molecular weight excluding hydrogens is 316 g/mol. The van der Waals surface area contributed by atoms with Crippen molar-refractivity contribution in [3.63, 3.8) is 0 Å². The Morgan fingerprint density at radius 1 is 0.625 bits per heavy atom. The number of hydrogen-bond acceptors (Lipinski definition) is 7. The molecule has 0 atom stereocenters. The van der Waals surface area contributed by atoms with E-state index in [-0.39, 0.29) is 22.9 Å². The van der Waals surface area contributed by atoms with Gasteiger partial charge in [-0.3, -0.25) is 0 Å². The molecule has 0 spiro atoms. The molecule has 2 bridgehead atoms. The third-order valence-corrected chi connectivity index (χ3v) is 5.19. The van der Waals surface area contributed by atoms with Crippen LogP contribution in [0.1, 0.15) is 13.8 Å². The van der Waals surface area contributed by atoms with Crippen LogP contribution in [0.2, 0.25) is 0 Å². The topological polar surface area (TPSA) is 64.6 Å². The Balaban J connectivity index is 1.20. The van der Waals surface area contributed by atoms with E-state index in [0.717, 1.165) is 26.4 Å². The van der Waals surface area contributed by atoms with E-state index in [9.17, 15) is 0 Å². The summed E-state index contributed by atoms with van der Waals surface area (Å²) in [7, 11) is 0. The Hall–Kier alpha value is -0.280. The Kier molecular flexibility index (Phi) is 4.40. The lowest BCUT2D eigenvalue weighted by Gasteiger charge is -2.51. The number of rotatable bonds is 8. The molecule has 0 N–H and O–H groups in total. The van der Waals surface area contributed by atoms with Gasteiger partial charge in [-0.15, -0.1) is 0 Å². The second kappa shape index (κ2) is 6.16. The van der Waals surface area contributed by atoms with E-state index in [0.29, 0.717) is 39.6 Å². The highest BCUT2D eigenvalue weighted by molar-refractivity contribution is 4.89. The van der Waals surface area contributed by atoms with Gasteiger partial charge in [0.15, 0.2) is 0 Å². The van der Waals surface area contributed by atoms with Gasteiger partial charge in [0, 0.05) is 10.8 Å². The van der Waals surface area contributed by atoms with Crippen molar-refractivity contribution < 1.29 is 33.2 Å². The van der Waals surface area contributed by atoms with Crippen LogP contribution in [0.3, 0.4) is 0 Å². The highest BCUT2D eigenvalue weighted by Crippen LogP contribution is 2.39. The van der Waals surface area contributed by atoms with Crippen LogP contribution < -0.4 is 0 Å². The van der Waals surface area contributed by atoms with Gasteiger partial charge in [0.25, 0.3) is 0 Å². The molecule has 0 unspecified atom stereocenters. The summed E-state index contributed by atoms with van der Waals surface area (Å²) in [4.78, 5) is 0. The summed E-state index contributed by atoms with van der Waals surface area (Å²) in [6.07, 6.45) is 0. The summed E-state index contributed by atoms with van der Waals surface area (Å²) >= 11 is 0. The monoisotopic (exact) mass is 344 g/mol. The molecule has 0 aromatic heterocycles. The van der Waals surface area contributed by atoms with E-state index in [1.807, 2.05) is 0 Å². The third-order valence-electron chi connectivity index (χ3n) is 5.19. The average molecular weight is 344 g/mol. The molecular formula is C17H28O7. The number of hydrogen-bond donors (Lipinski definition) is 0. The van der Waals surface area contributed by atoms with Crippen molar-refractivity contribution in [2.75, 3.05) is 72.7 Å². The van der Waals surface area contributed by atoms with Gasteiger partial charge in [-0.1, -0.05) is 13.8 Å². The van der Waals surface area contributed by atoms with Crippen molar-refractivity contribution in [3.8, 4) is 0 Å². The first kappa shape index (κ1) is 17.1. The van der Waals surface area contributed by atoms with Gasteiger partial charge in [0.05, 0.1) is 71.5 Å². The van der Waals surface area contributed by atoms with Gasteiger partial charge in [-0.05, 0) is 0 Å². The maximum Gasteiger partial charge on any atom is 0.307 e. The molecule has 0 amide bonds. The normalized spacial score (nSPS) is 39.2. The van der Waals surface area contributed by atoms with Crippen LogP contribution >= 0.6 is 0 Å². The Morgan fingerprint density at radius 3 is 1.50 bits per heavy atom. The largest absolute Gasteiger partial charge is 0.380 e. The van der Waals surface area contributed by atoms with Crippen LogP contribution in [0.15, 0.2) is 0 Å². The summed E-state index contributed by atoms with van der Waals surface area (Å²) in [5, 5.41) is 0. The standard InChI is InChI=1S/C17H28O7/c1-14(3-18-4-14)7-20-9-16-10-22-17(23-11-16,24-12-16)13-21-8-15(2)5-19-6-15/h3-13H2,1-2H3. The van der Waals surface area contributed by atoms with Crippen molar-refractivity contribution in [2.24, 2.45) is 16.2 Å². The van der Waals surface area contributed by atoms with Crippen molar-refractivity contribution >= 4 is 0 Å². The fourth-order valence-corrected chi connectivity index (χ4v) is 3.29. The van der Waals surface area contributed by atoms with Crippen LogP contribution in [0.25, 0.3) is 0 Å². The van der Waals surface area contributed by atoms with E-state index < -0.39 is 5.97 Å². The smallest absolute Gasteiger partial charge is 0.307 e. The first-order valence-electron chi connectivity index (χ1n) is 8.68. The lowest BCUT2D eigenvalue weighted by molar-refractivity contribution is -0.480. The van der Waals surface area contributed by atoms with Crippen molar-refractivity contribution in [3.05, 3.63) is 0 Å². The fourth-order valence-electron chi connectivity index (χ4n) is 3.29. The van der Waals surface area contributed by atoms with E-state index in [4.69, 9.17) is 33.2 Å². The summed E-state index contributed by atoms with van der Waals surface area (Å²) in [5.74, 6) is -1.05. The summed E-state index contributed by atoms with van der Waals surface area (Å²) < 4.78 is 39.7. The summed E-state index contributed by atoms with van der Waals surface area (Å²) in [6.45, 7) is 11.3. The average Bonchev–Trinajstić information content (AvgIpc) is 2.53. The van der Waals surface area contributed by atoms with Gasteiger partial charge in [-0.2, -0.15) is 0 Å². The zero-order valence-corrected chi connectivity index (χ0v) is 14.6. The molecule has 0 aromatic rings. The summed E-state index contributed by atoms with van der Waals surface area (Å²) in [5.41, 5.74) is 0.0525. The third kappa shape index (κ3) is 3.35. The van der Waals surface area contributed by atoms with Gasteiger partial charge < -0.3 is 33.2 Å². The highest BCUT2D eigenvalue weighted by Gasteiger charge is 2.53. The van der Waals surface area contributed by atoms with E-state index in [1.54, 1.807) is 0 Å². The number of ether oxygens (including phenoxy) is 7. The predicted octanol–water partition coefficient (Wildman–Crippen LogP) is 0.810. The van der Waals surface area contributed by atoms with Gasteiger partial charge in [0.2, 0.25) is 0 Å². The Labute approximate surface area is 142 Å². The van der Waals surface area contributed by atoms with E-state index >= 15 is 0 Å². The quantitative estimate of drug-likeness (QED) is 0.645. The number of fused-ring (bicyclic) bond motifs is 3. The molecule has 24 heavy (non-hydrogen) atoms. The molecule has 5 heterocycles. The highest BCUT2D eigenvalue weighted by atomic mass is 16.9. The molecule has 5 rings (SSSR count). The zero-order chi connectivity index (χ0) is 16.7. The molecule has 0 aromatic carbocycles. The molecule has 5 fully saturated rings. The molecule has 7 heteroatoms. The predicted molar refractivity (Wildman–Crippen MR) is 82.5 cm³/mol. The molecule has 0 radical (unpaired) electrons. The second-order valence-corrected chi connectivity index (χ2v) is 8.64. The second-order valence-electron chi connectivity index (χ2n) is 8.64. The van der Waals surface area contributed by atoms with Gasteiger partial charge in [-0.25, -0.2) is 0 Å². The lowest BCUT2D eigenvalue weighted by atomic mass is 9.88. The first-order valence-corrected chi connectivity index (χ1v) is 8.68. The zero-order valence-electron chi connectivity index (χ0n) is 14.6. The van der Waals surface area contributed by atoms with E-state index in [2.05, 4.69) is 13.8 Å². The van der Waals surface area contributed by atoms with Crippen LogP contribution in [0, 0.1) is 16.2 Å². The van der Waals surface area contributed by atoms with Crippen LogP contribution in [0.4, 0.5) is 0 Å². The van der Waals surface area contributed by atoms with Crippen LogP contribution in [-0.2, 0) is 33.2 Å². The first-order chi connectivity index (χ1) is 11.4. The molecule has 5 aliphatic rings. The molecule has 5 aliphatic heterocycles. The fraction of sp³-hybridized carbons (Fsp3) is 1.00. The minimum Gasteiger partial charge on any atom is -0.380 e. The summed E-state index contributed by atoms with van der Waals surface area (Å²) in [6, 6.07) is 0. The molecule has 138 valence electrons. The molecule has 7 nitrogen and oxygen atoms in total. The van der Waals surface area contributed by atoms with Crippen molar-refractivity contribution in [1.29, 1.82) is 0 Å². The molecule has 0 aliphatic carbocycles. The Bertz CT molecular complexity index is 391. The van der Waals surface area contributed by atoms with Crippen molar-refractivity contribution in [2.45, 2.75) is 19.8 Å².